The molecule has 2 fully saturated rings. The van der Waals surface area contributed by atoms with Crippen LogP contribution in [0.4, 0.5) is 0 Å². The summed E-state index contributed by atoms with van der Waals surface area (Å²) in [4.78, 5) is 20.9. The Kier molecular flexibility index (Phi) is 4.34. The van der Waals surface area contributed by atoms with Crippen LogP contribution in [0.5, 0.6) is 0 Å². The Morgan fingerprint density at radius 3 is 2.23 bits per heavy atom. The highest BCUT2D eigenvalue weighted by molar-refractivity contribution is 5.99. The van der Waals surface area contributed by atoms with Crippen LogP contribution in [0.1, 0.15) is 47.3 Å². The molecule has 0 bridgehead atoms. The minimum atomic E-state index is 0.166. The van der Waals surface area contributed by atoms with Crippen molar-refractivity contribution in [1.29, 1.82) is 0 Å². The fraction of sp³-hybridized carbons (Fsp3) is 0.591. The van der Waals surface area contributed by atoms with Crippen LogP contribution in [0.2, 0.25) is 0 Å². The van der Waals surface area contributed by atoms with Gasteiger partial charge >= 0.3 is 0 Å². The molecular weight excluding hydrogens is 322 g/mol. The summed E-state index contributed by atoms with van der Waals surface area (Å²) in [6.07, 6.45) is 4.93. The predicted octanol–water partition coefficient (Wildman–Crippen LogP) is 3.98. The molecular formula is C22H31N3O. The first-order valence-corrected chi connectivity index (χ1v) is 9.87. The number of amides is 1. The van der Waals surface area contributed by atoms with E-state index in [1.807, 2.05) is 24.1 Å². The summed E-state index contributed by atoms with van der Waals surface area (Å²) < 4.78 is 0. The van der Waals surface area contributed by atoms with Crippen molar-refractivity contribution in [3.05, 3.63) is 35.0 Å². The number of fused-ring (bicyclic) bond motifs is 2. The minimum Gasteiger partial charge on any atom is -0.358 e. The van der Waals surface area contributed by atoms with Gasteiger partial charge in [0.15, 0.2) is 0 Å². The molecule has 0 spiro atoms. The van der Waals surface area contributed by atoms with E-state index >= 15 is 0 Å². The lowest BCUT2D eigenvalue weighted by molar-refractivity contribution is 0.0726. The Morgan fingerprint density at radius 2 is 1.62 bits per heavy atom. The number of rotatable bonds is 3. The molecule has 1 N–H and O–H groups in total. The first-order valence-electron chi connectivity index (χ1n) is 9.87. The number of carbonyl (C=O) groups excluding carboxylic acids is 1. The molecule has 2 aliphatic carbocycles. The molecule has 140 valence electrons. The van der Waals surface area contributed by atoms with Crippen LogP contribution in [-0.4, -0.2) is 53.9 Å². The van der Waals surface area contributed by atoms with Crippen LogP contribution >= 0.6 is 0 Å². The van der Waals surface area contributed by atoms with Crippen LogP contribution in [0.15, 0.2) is 18.2 Å². The van der Waals surface area contributed by atoms with Gasteiger partial charge in [-0.1, -0.05) is 0 Å². The Labute approximate surface area is 156 Å². The number of nitrogens with zero attached hydrogens (tertiary/aromatic N) is 2. The molecule has 1 amide bonds. The second-order valence-electron chi connectivity index (χ2n) is 8.79. The number of carbonyl (C=O) groups is 1. The van der Waals surface area contributed by atoms with Crippen molar-refractivity contribution >= 4 is 16.8 Å². The van der Waals surface area contributed by atoms with Gasteiger partial charge < -0.3 is 14.8 Å². The van der Waals surface area contributed by atoms with Gasteiger partial charge in [-0.25, -0.2) is 0 Å². The zero-order chi connectivity index (χ0) is 18.6. The van der Waals surface area contributed by atoms with E-state index in [4.69, 9.17) is 0 Å². The molecule has 4 atom stereocenters. The number of nitrogens with one attached hydrogen (secondary N) is 1. The molecule has 1 aromatic carbocycles. The molecule has 0 radical (unpaired) electrons. The van der Waals surface area contributed by atoms with Crippen molar-refractivity contribution in [3.63, 3.8) is 0 Å². The van der Waals surface area contributed by atoms with Crippen molar-refractivity contribution in [2.75, 3.05) is 21.1 Å². The number of aryl methyl sites for hydroxylation is 2. The van der Waals surface area contributed by atoms with E-state index in [1.54, 1.807) is 0 Å². The average Bonchev–Trinajstić information content (AvgIpc) is 3.26. The molecule has 1 heterocycles. The largest absolute Gasteiger partial charge is 0.358 e. The number of hydrogen-bond acceptors (Lipinski definition) is 2. The molecule has 4 heteroatoms. The summed E-state index contributed by atoms with van der Waals surface area (Å²) in [5, 5.41) is 1.17. The van der Waals surface area contributed by atoms with E-state index in [9.17, 15) is 4.79 Å². The minimum absolute atomic E-state index is 0.166. The van der Waals surface area contributed by atoms with Gasteiger partial charge in [-0.15, -0.1) is 0 Å². The Bertz CT molecular complexity index is 823. The molecule has 0 aliphatic heterocycles. The van der Waals surface area contributed by atoms with Gasteiger partial charge in [0.2, 0.25) is 0 Å². The van der Waals surface area contributed by atoms with Crippen LogP contribution in [0, 0.1) is 25.7 Å². The molecule has 2 aliphatic rings. The first kappa shape index (κ1) is 17.6. The maximum Gasteiger partial charge on any atom is 0.253 e. The zero-order valence-electron chi connectivity index (χ0n) is 16.7. The molecule has 4 nitrogen and oxygen atoms in total. The number of hydrogen-bond donors (Lipinski definition) is 1. The van der Waals surface area contributed by atoms with Gasteiger partial charge in [-0.05, 0) is 89.2 Å². The summed E-state index contributed by atoms with van der Waals surface area (Å²) >= 11 is 0. The average molecular weight is 354 g/mol. The molecule has 0 saturated heterocycles. The Morgan fingerprint density at radius 1 is 1.00 bits per heavy atom. The zero-order valence-corrected chi connectivity index (χ0v) is 16.7. The SMILES string of the molecule is Cc1[nH]c2ccc(C(=O)N(C)C3C[C@H]4CC(N(C)C)C[C@H]4C3)cc2c1C. The van der Waals surface area contributed by atoms with Gasteiger partial charge in [0.05, 0.1) is 0 Å². The van der Waals surface area contributed by atoms with E-state index in [0.717, 1.165) is 29.0 Å². The second-order valence-corrected chi connectivity index (χ2v) is 8.79. The van der Waals surface area contributed by atoms with Crippen molar-refractivity contribution in [2.45, 2.75) is 51.6 Å². The predicted molar refractivity (Wildman–Crippen MR) is 107 cm³/mol. The normalized spacial score (nSPS) is 28.1. The molecule has 2 saturated carbocycles. The molecule has 2 aromatic rings. The molecule has 4 rings (SSSR count). The molecule has 26 heavy (non-hydrogen) atoms. The third kappa shape index (κ3) is 2.84. The lowest BCUT2D eigenvalue weighted by Gasteiger charge is -2.27. The van der Waals surface area contributed by atoms with Gasteiger partial charge in [-0.2, -0.15) is 0 Å². The maximum atomic E-state index is 13.1. The van der Waals surface area contributed by atoms with Crippen LogP contribution in [-0.2, 0) is 0 Å². The van der Waals surface area contributed by atoms with Gasteiger partial charge in [0.25, 0.3) is 5.91 Å². The summed E-state index contributed by atoms with van der Waals surface area (Å²) in [5.41, 5.74) is 4.34. The fourth-order valence-electron chi connectivity index (χ4n) is 5.25. The number of aromatic amines is 1. The van der Waals surface area contributed by atoms with Gasteiger partial charge in [-0.3, -0.25) is 4.79 Å². The van der Waals surface area contributed by atoms with Gasteiger partial charge in [0, 0.05) is 41.3 Å². The highest BCUT2D eigenvalue weighted by atomic mass is 16.2. The molecule has 2 unspecified atom stereocenters. The van der Waals surface area contributed by atoms with Crippen LogP contribution in [0.3, 0.4) is 0 Å². The standard InChI is InChI=1S/C22H31N3O/c1-13-14(2)23-21-7-6-15(12-20(13)21)22(26)25(5)19-10-16-8-18(24(3)4)9-17(16)11-19/h6-7,12,16-19,23H,8-11H2,1-5H3/t16-,17+,18?,19?. The van der Waals surface area contributed by atoms with E-state index in [0.29, 0.717) is 6.04 Å². The fourth-order valence-corrected chi connectivity index (χ4v) is 5.25. The molecule has 1 aromatic heterocycles. The number of H-pyrrole nitrogens is 1. The highest BCUT2D eigenvalue weighted by Crippen LogP contribution is 2.46. The van der Waals surface area contributed by atoms with E-state index < -0.39 is 0 Å². The lowest BCUT2D eigenvalue weighted by Crippen LogP contribution is -2.36. The maximum absolute atomic E-state index is 13.1. The van der Waals surface area contributed by atoms with Crippen molar-refractivity contribution in [3.8, 4) is 0 Å². The Balaban J connectivity index is 1.48. The lowest BCUT2D eigenvalue weighted by atomic mass is 10.0. The quantitative estimate of drug-likeness (QED) is 0.907. The topological polar surface area (TPSA) is 39.3 Å². The smallest absolute Gasteiger partial charge is 0.253 e. The van der Waals surface area contributed by atoms with E-state index in [2.05, 4.69) is 43.9 Å². The van der Waals surface area contributed by atoms with Crippen LogP contribution < -0.4 is 0 Å². The summed E-state index contributed by atoms with van der Waals surface area (Å²) in [6.45, 7) is 4.20. The number of aromatic nitrogens is 1. The number of benzene rings is 1. The monoisotopic (exact) mass is 353 g/mol. The third-order valence-corrected chi connectivity index (χ3v) is 7.12. The van der Waals surface area contributed by atoms with Crippen molar-refractivity contribution < 1.29 is 4.79 Å². The Hall–Kier alpha value is -1.81. The summed E-state index contributed by atoms with van der Waals surface area (Å²) in [5.74, 6) is 1.75. The summed E-state index contributed by atoms with van der Waals surface area (Å²) in [7, 11) is 6.39. The second kappa shape index (κ2) is 6.41. The highest BCUT2D eigenvalue weighted by Gasteiger charge is 2.44. The van der Waals surface area contributed by atoms with E-state index in [1.165, 1.54) is 42.3 Å². The van der Waals surface area contributed by atoms with Crippen LogP contribution in [0.25, 0.3) is 10.9 Å². The van der Waals surface area contributed by atoms with E-state index in [-0.39, 0.29) is 5.91 Å². The van der Waals surface area contributed by atoms with Crippen molar-refractivity contribution in [2.24, 2.45) is 11.8 Å². The third-order valence-electron chi connectivity index (χ3n) is 7.12. The van der Waals surface area contributed by atoms with Crippen molar-refractivity contribution in [1.82, 2.24) is 14.8 Å². The first-order chi connectivity index (χ1) is 12.3. The summed E-state index contributed by atoms with van der Waals surface area (Å²) in [6, 6.07) is 7.19. The van der Waals surface area contributed by atoms with Gasteiger partial charge in [0.1, 0.15) is 0 Å².